The van der Waals surface area contributed by atoms with E-state index < -0.39 is 0 Å². The fourth-order valence-corrected chi connectivity index (χ4v) is 1.59. The summed E-state index contributed by atoms with van der Waals surface area (Å²) in [5, 5.41) is 12.9. The van der Waals surface area contributed by atoms with Crippen LogP contribution >= 0.6 is 35.8 Å². The monoisotopic (exact) mass is 234 g/mol. The quantitative estimate of drug-likeness (QED) is 0.343. The maximum Gasteiger partial charge on any atom is 0.209 e. The van der Waals surface area contributed by atoms with Crippen LogP contribution in [0.25, 0.3) is 0 Å². The van der Waals surface area contributed by atoms with Gasteiger partial charge in [-0.25, -0.2) is 0 Å². The van der Waals surface area contributed by atoms with Crippen LogP contribution in [0.3, 0.4) is 0 Å². The first kappa shape index (κ1) is 10.1. The second kappa shape index (κ2) is 4.30. The average Bonchev–Trinajstić information content (AvgIpc) is 2.29. The van der Waals surface area contributed by atoms with Crippen molar-refractivity contribution in [3.63, 3.8) is 0 Å². The van der Waals surface area contributed by atoms with E-state index in [1.807, 2.05) is 0 Å². The molecule has 0 atom stereocenters. The normalized spacial score (nSPS) is 10.5. The lowest BCUT2D eigenvalue weighted by molar-refractivity contribution is 0.456. The van der Waals surface area contributed by atoms with Gasteiger partial charge in [0.2, 0.25) is 5.88 Å². The minimum atomic E-state index is -0.0107. The summed E-state index contributed by atoms with van der Waals surface area (Å²) in [5.74, 6) is -0.0107. The zero-order valence-corrected chi connectivity index (χ0v) is 8.72. The van der Waals surface area contributed by atoms with Crippen molar-refractivity contribution in [1.82, 2.24) is 10.4 Å². The standard InChI is InChI=1S/C5H6N4OS3/c6-4(11)9-7-1-2-3(10)8-5(12)13-2/h1,10H,(H,8,12)(H3,6,9,11). The molecule has 1 rings (SSSR count). The Hall–Kier alpha value is -0.990. The predicted octanol–water partition coefficient (Wildman–Crippen LogP) is 0.678. The zero-order valence-electron chi connectivity index (χ0n) is 6.27. The Morgan fingerprint density at radius 1 is 1.77 bits per heavy atom. The maximum atomic E-state index is 9.20. The highest BCUT2D eigenvalue weighted by Crippen LogP contribution is 2.18. The molecular formula is C5H6N4OS3. The van der Waals surface area contributed by atoms with E-state index in [0.717, 1.165) is 0 Å². The first-order chi connectivity index (χ1) is 6.09. The molecule has 0 aliphatic rings. The Bertz CT molecular complexity index is 393. The van der Waals surface area contributed by atoms with E-state index in [9.17, 15) is 5.11 Å². The minimum absolute atomic E-state index is 0.0107. The van der Waals surface area contributed by atoms with Gasteiger partial charge in [0.05, 0.1) is 6.21 Å². The summed E-state index contributed by atoms with van der Waals surface area (Å²) in [6.07, 6.45) is 1.38. The molecule has 1 heterocycles. The van der Waals surface area contributed by atoms with Gasteiger partial charge in [-0.15, -0.1) is 0 Å². The van der Waals surface area contributed by atoms with Crippen LogP contribution < -0.4 is 11.2 Å². The molecule has 5 nitrogen and oxygen atoms in total. The van der Waals surface area contributed by atoms with Crippen LogP contribution in [0.2, 0.25) is 0 Å². The fourth-order valence-electron chi connectivity index (χ4n) is 0.574. The number of aromatic amines is 1. The van der Waals surface area contributed by atoms with Gasteiger partial charge in [-0.05, 0) is 24.4 Å². The highest BCUT2D eigenvalue weighted by Gasteiger charge is 2.00. The molecular weight excluding hydrogens is 228 g/mol. The van der Waals surface area contributed by atoms with Crippen molar-refractivity contribution in [1.29, 1.82) is 0 Å². The number of H-pyrrole nitrogens is 1. The number of nitrogens with two attached hydrogens (primary N) is 1. The van der Waals surface area contributed by atoms with Gasteiger partial charge in [0.25, 0.3) is 0 Å². The third-order valence-corrected chi connectivity index (χ3v) is 2.26. The lowest BCUT2D eigenvalue weighted by Gasteiger charge is -1.91. The largest absolute Gasteiger partial charge is 0.494 e. The van der Waals surface area contributed by atoms with E-state index in [1.54, 1.807) is 0 Å². The molecule has 5 N–H and O–H groups in total. The van der Waals surface area contributed by atoms with E-state index in [4.69, 9.17) is 18.0 Å². The van der Waals surface area contributed by atoms with Crippen molar-refractivity contribution in [3.05, 3.63) is 8.83 Å². The Morgan fingerprint density at radius 2 is 2.46 bits per heavy atom. The smallest absolute Gasteiger partial charge is 0.209 e. The Balaban J connectivity index is 2.74. The van der Waals surface area contributed by atoms with Crippen molar-refractivity contribution in [2.75, 3.05) is 0 Å². The molecule has 0 radical (unpaired) electrons. The fraction of sp³-hybridized carbons (Fsp3) is 0. The molecule has 0 bridgehead atoms. The van der Waals surface area contributed by atoms with Crippen LogP contribution in [0.1, 0.15) is 4.88 Å². The second-order valence-corrected chi connectivity index (χ2v) is 4.12. The first-order valence-corrected chi connectivity index (χ1v) is 4.73. The van der Waals surface area contributed by atoms with E-state index in [0.29, 0.717) is 8.83 Å². The van der Waals surface area contributed by atoms with E-state index in [1.165, 1.54) is 17.6 Å². The summed E-state index contributed by atoms with van der Waals surface area (Å²) in [7, 11) is 0. The van der Waals surface area contributed by atoms with Crippen LogP contribution in [0.5, 0.6) is 5.88 Å². The molecule has 0 unspecified atom stereocenters. The molecule has 0 spiro atoms. The SMILES string of the molecule is NC(=S)NN=Cc1sc(=S)[nH]c1O. The molecule has 0 fully saturated rings. The number of thiazole rings is 1. The van der Waals surface area contributed by atoms with Crippen molar-refractivity contribution in [2.45, 2.75) is 0 Å². The molecule has 0 aromatic carbocycles. The molecule has 70 valence electrons. The second-order valence-electron chi connectivity index (χ2n) is 1.96. The van der Waals surface area contributed by atoms with Crippen LogP contribution in [-0.2, 0) is 0 Å². The molecule has 8 heteroatoms. The summed E-state index contributed by atoms with van der Waals surface area (Å²) in [6, 6.07) is 0. The number of aromatic nitrogens is 1. The highest BCUT2D eigenvalue weighted by molar-refractivity contribution is 7.80. The third-order valence-electron chi connectivity index (χ3n) is 1.01. The van der Waals surface area contributed by atoms with Crippen molar-refractivity contribution in [2.24, 2.45) is 10.8 Å². The van der Waals surface area contributed by atoms with Gasteiger partial charge in [0, 0.05) is 0 Å². The Morgan fingerprint density at radius 3 is 2.92 bits per heavy atom. The van der Waals surface area contributed by atoms with Gasteiger partial charge in [0.15, 0.2) is 9.07 Å². The molecule has 0 aliphatic carbocycles. The number of hydrazone groups is 1. The first-order valence-electron chi connectivity index (χ1n) is 3.10. The summed E-state index contributed by atoms with van der Waals surface area (Å²) in [6.45, 7) is 0. The minimum Gasteiger partial charge on any atom is -0.494 e. The molecule has 1 aromatic rings. The molecule has 0 aliphatic heterocycles. The molecule has 1 aromatic heterocycles. The molecule has 13 heavy (non-hydrogen) atoms. The van der Waals surface area contributed by atoms with Crippen LogP contribution in [0, 0.1) is 3.95 Å². The number of nitrogens with one attached hydrogen (secondary N) is 2. The number of aromatic hydroxyl groups is 1. The van der Waals surface area contributed by atoms with Crippen molar-refractivity contribution >= 4 is 47.1 Å². The number of thiocarbonyl (C=S) groups is 1. The summed E-state index contributed by atoms with van der Waals surface area (Å²) < 4.78 is 0.481. The molecule has 0 saturated carbocycles. The van der Waals surface area contributed by atoms with Crippen LogP contribution in [0.4, 0.5) is 0 Å². The number of rotatable bonds is 2. The van der Waals surface area contributed by atoms with Gasteiger partial charge in [0.1, 0.15) is 4.88 Å². The molecule has 0 amide bonds. The third kappa shape index (κ3) is 3.09. The van der Waals surface area contributed by atoms with E-state index >= 15 is 0 Å². The van der Waals surface area contributed by atoms with Crippen molar-refractivity contribution < 1.29 is 5.11 Å². The summed E-state index contributed by atoms with van der Waals surface area (Å²) in [5.41, 5.74) is 7.48. The van der Waals surface area contributed by atoms with Gasteiger partial charge in [-0.2, -0.15) is 5.10 Å². The van der Waals surface area contributed by atoms with Crippen LogP contribution in [-0.4, -0.2) is 21.4 Å². The van der Waals surface area contributed by atoms with E-state index in [-0.39, 0.29) is 11.0 Å². The lowest BCUT2D eigenvalue weighted by Crippen LogP contribution is -2.23. The summed E-state index contributed by atoms with van der Waals surface area (Å²) in [4.78, 5) is 3.07. The Labute approximate surface area is 88.3 Å². The predicted molar refractivity (Wildman–Crippen MR) is 58.7 cm³/mol. The zero-order chi connectivity index (χ0) is 9.84. The van der Waals surface area contributed by atoms with Crippen LogP contribution in [0.15, 0.2) is 5.10 Å². The summed E-state index contributed by atoms with van der Waals surface area (Å²) >= 11 is 10.5. The highest BCUT2D eigenvalue weighted by atomic mass is 32.1. The van der Waals surface area contributed by atoms with Gasteiger partial charge < -0.3 is 15.8 Å². The van der Waals surface area contributed by atoms with Gasteiger partial charge >= 0.3 is 0 Å². The van der Waals surface area contributed by atoms with Gasteiger partial charge in [-0.3, -0.25) is 5.43 Å². The van der Waals surface area contributed by atoms with E-state index in [2.05, 4.69) is 27.7 Å². The molecule has 0 saturated heterocycles. The average molecular weight is 234 g/mol. The number of hydrogen-bond donors (Lipinski definition) is 4. The lowest BCUT2D eigenvalue weighted by atomic mass is 10.6. The number of hydrogen-bond acceptors (Lipinski definition) is 5. The maximum absolute atomic E-state index is 9.20. The van der Waals surface area contributed by atoms with Crippen molar-refractivity contribution in [3.8, 4) is 5.88 Å². The van der Waals surface area contributed by atoms with Gasteiger partial charge in [-0.1, -0.05) is 11.3 Å². The number of nitrogens with zero attached hydrogens (tertiary/aromatic N) is 1. The Kier molecular flexibility index (Phi) is 3.34. The topological polar surface area (TPSA) is 86.4 Å².